The summed E-state index contributed by atoms with van der Waals surface area (Å²) in [5, 5.41) is 14.6. The number of benzene rings is 2. The van der Waals surface area contributed by atoms with Crippen molar-refractivity contribution in [2.24, 2.45) is 0 Å². The number of anilines is 4. The fourth-order valence-electron chi connectivity index (χ4n) is 3.16. The molecule has 4 rings (SSSR count). The standard InChI is InChI=1S/C21H20ClN5O/c22-16-5-3-4-15(14-16)21(28)24-20-11-10-19(25-26-20)23-17-6-8-18(9-7-17)27-12-1-2-13-27/h3-11,14H,1-2,12-13H2,(H,23,25)(H,24,26,28). The van der Waals surface area contributed by atoms with Gasteiger partial charge in [0.05, 0.1) is 0 Å². The highest BCUT2D eigenvalue weighted by atomic mass is 35.5. The van der Waals surface area contributed by atoms with Crippen LogP contribution in [0.3, 0.4) is 0 Å². The van der Waals surface area contributed by atoms with Crippen LogP contribution in [0.25, 0.3) is 0 Å². The number of amides is 1. The molecular weight excluding hydrogens is 374 g/mol. The lowest BCUT2D eigenvalue weighted by molar-refractivity contribution is 0.102. The van der Waals surface area contributed by atoms with E-state index in [2.05, 4.69) is 37.9 Å². The Balaban J connectivity index is 1.37. The first-order chi connectivity index (χ1) is 13.7. The van der Waals surface area contributed by atoms with Crippen molar-refractivity contribution in [1.82, 2.24) is 10.2 Å². The maximum atomic E-state index is 12.2. The molecule has 1 aromatic heterocycles. The van der Waals surface area contributed by atoms with E-state index in [0.717, 1.165) is 18.8 Å². The lowest BCUT2D eigenvalue weighted by Crippen LogP contribution is -2.17. The molecule has 142 valence electrons. The molecule has 2 aromatic carbocycles. The molecule has 28 heavy (non-hydrogen) atoms. The molecule has 7 heteroatoms. The van der Waals surface area contributed by atoms with Crippen molar-refractivity contribution in [3.63, 3.8) is 0 Å². The molecule has 0 bridgehead atoms. The van der Waals surface area contributed by atoms with Gasteiger partial charge in [-0.15, -0.1) is 10.2 Å². The summed E-state index contributed by atoms with van der Waals surface area (Å²) in [5.74, 6) is 0.699. The van der Waals surface area contributed by atoms with Crippen LogP contribution in [0, 0.1) is 0 Å². The van der Waals surface area contributed by atoms with Crippen molar-refractivity contribution in [2.45, 2.75) is 12.8 Å². The van der Waals surface area contributed by atoms with E-state index in [4.69, 9.17) is 11.6 Å². The number of carbonyl (C=O) groups is 1. The Kier molecular flexibility index (Phi) is 5.39. The number of nitrogens with zero attached hydrogens (tertiary/aromatic N) is 3. The van der Waals surface area contributed by atoms with Gasteiger partial charge in [-0.3, -0.25) is 4.79 Å². The fourth-order valence-corrected chi connectivity index (χ4v) is 3.35. The molecule has 0 spiro atoms. The molecule has 0 radical (unpaired) electrons. The van der Waals surface area contributed by atoms with Gasteiger partial charge in [0, 0.05) is 35.1 Å². The fraction of sp³-hybridized carbons (Fsp3) is 0.190. The van der Waals surface area contributed by atoms with E-state index in [1.807, 2.05) is 12.1 Å². The lowest BCUT2D eigenvalue weighted by atomic mass is 10.2. The summed E-state index contributed by atoms with van der Waals surface area (Å²) in [6, 6.07) is 18.5. The lowest BCUT2D eigenvalue weighted by Gasteiger charge is -2.17. The SMILES string of the molecule is O=C(Nc1ccc(Nc2ccc(N3CCCC3)cc2)nn1)c1cccc(Cl)c1. The highest BCUT2D eigenvalue weighted by molar-refractivity contribution is 6.31. The molecule has 0 saturated carbocycles. The number of carbonyl (C=O) groups excluding carboxylic acids is 1. The van der Waals surface area contributed by atoms with Gasteiger partial charge in [-0.2, -0.15) is 0 Å². The zero-order chi connectivity index (χ0) is 19.3. The Morgan fingerprint density at radius 2 is 1.64 bits per heavy atom. The monoisotopic (exact) mass is 393 g/mol. The van der Waals surface area contributed by atoms with E-state index in [-0.39, 0.29) is 5.91 Å². The van der Waals surface area contributed by atoms with Crippen molar-refractivity contribution in [3.05, 3.63) is 71.2 Å². The van der Waals surface area contributed by atoms with Gasteiger partial charge in [0.1, 0.15) is 0 Å². The van der Waals surface area contributed by atoms with Crippen LogP contribution in [-0.4, -0.2) is 29.2 Å². The molecule has 1 aliphatic rings. The third-order valence-corrected chi connectivity index (χ3v) is 4.84. The van der Waals surface area contributed by atoms with Crippen molar-refractivity contribution in [1.29, 1.82) is 0 Å². The summed E-state index contributed by atoms with van der Waals surface area (Å²) in [4.78, 5) is 14.6. The number of nitrogens with one attached hydrogen (secondary N) is 2. The zero-order valence-electron chi connectivity index (χ0n) is 15.2. The largest absolute Gasteiger partial charge is 0.372 e. The van der Waals surface area contributed by atoms with Crippen molar-refractivity contribution < 1.29 is 4.79 Å². The van der Waals surface area contributed by atoms with Crippen LogP contribution in [-0.2, 0) is 0 Å². The Morgan fingerprint density at radius 3 is 2.32 bits per heavy atom. The van der Waals surface area contributed by atoms with Crippen LogP contribution < -0.4 is 15.5 Å². The predicted octanol–water partition coefficient (Wildman–Crippen LogP) is 4.73. The third-order valence-electron chi connectivity index (χ3n) is 4.60. The van der Waals surface area contributed by atoms with Crippen LogP contribution in [0.2, 0.25) is 5.02 Å². The van der Waals surface area contributed by atoms with Gasteiger partial charge in [-0.05, 0) is 67.4 Å². The van der Waals surface area contributed by atoms with Gasteiger partial charge < -0.3 is 15.5 Å². The van der Waals surface area contributed by atoms with Crippen LogP contribution in [0.1, 0.15) is 23.2 Å². The number of rotatable bonds is 5. The molecule has 3 aromatic rings. The van der Waals surface area contributed by atoms with E-state index >= 15 is 0 Å². The summed E-state index contributed by atoms with van der Waals surface area (Å²) < 4.78 is 0. The van der Waals surface area contributed by atoms with Crippen molar-refractivity contribution in [2.75, 3.05) is 28.6 Å². The van der Waals surface area contributed by atoms with E-state index in [1.165, 1.54) is 18.5 Å². The molecule has 1 fully saturated rings. The van der Waals surface area contributed by atoms with Crippen LogP contribution in [0.4, 0.5) is 23.0 Å². The maximum Gasteiger partial charge on any atom is 0.256 e. The van der Waals surface area contributed by atoms with Gasteiger partial charge >= 0.3 is 0 Å². The summed E-state index contributed by atoms with van der Waals surface area (Å²) in [7, 11) is 0. The summed E-state index contributed by atoms with van der Waals surface area (Å²) in [5.41, 5.74) is 2.65. The number of halogens is 1. The van der Waals surface area contributed by atoms with Gasteiger partial charge in [0.25, 0.3) is 5.91 Å². The second kappa shape index (κ2) is 8.27. The van der Waals surface area contributed by atoms with E-state index in [9.17, 15) is 4.79 Å². The number of hydrogen-bond donors (Lipinski definition) is 2. The molecule has 1 saturated heterocycles. The molecular formula is C21H20ClN5O. The van der Waals surface area contributed by atoms with E-state index in [1.54, 1.807) is 36.4 Å². The first-order valence-corrected chi connectivity index (χ1v) is 9.58. The third kappa shape index (κ3) is 4.40. The molecule has 1 aliphatic heterocycles. The summed E-state index contributed by atoms with van der Waals surface area (Å²) in [6.07, 6.45) is 2.52. The quantitative estimate of drug-likeness (QED) is 0.656. The first-order valence-electron chi connectivity index (χ1n) is 9.20. The molecule has 2 heterocycles. The van der Waals surface area contributed by atoms with Crippen molar-refractivity contribution in [3.8, 4) is 0 Å². The van der Waals surface area contributed by atoms with Crippen LogP contribution in [0.5, 0.6) is 0 Å². The summed E-state index contributed by atoms with van der Waals surface area (Å²) >= 11 is 5.92. The minimum Gasteiger partial charge on any atom is -0.372 e. The maximum absolute atomic E-state index is 12.2. The second-order valence-electron chi connectivity index (χ2n) is 6.63. The Morgan fingerprint density at radius 1 is 0.929 bits per heavy atom. The zero-order valence-corrected chi connectivity index (χ0v) is 16.0. The van der Waals surface area contributed by atoms with Gasteiger partial charge in [0.2, 0.25) is 0 Å². The minimum atomic E-state index is -0.282. The second-order valence-corrected chi connectivity index (χ2v) is 7.07. The molecule has 0 aliphatic carbocycles. The molecule has 2 N–H and O–H groups in total. The van der Waals surface area contributed by atoms with Crippen LogP contribution in [0.15, 0.2) is 60.7 Å². The normalized spacial score (nSPS) is 13.4. The number of aromatic nitrogens is 2. The van der Waals surface area contributed by atoms with Crippen LogP contribution >= 0.6 is 11.6 Å². The van der Waals surface area contributed by atoms with Gasteiger partial charge in [-0.1, -0.05) is 17.7 Å². The Labute approximate surface area is 168 Å². The molecule has 0 unspecified atom stereocenters. The van der Waals surface area contributed by atoms with Crippen molar-refractivity contribution >= 4 is 40.5 Å². The highest BCUT2D eigenvalue weighted by Crippen LogP contribution is 2.23. The Hall–Kier alpha value is -3.12. The topological polar surface area (TPSA) is 70.2 Å². The van der Waals surface area contributed by atoms with E-state index < -0.39 is 0 Å². The average molecular weight is 394 g/mol. The highest BCUT2D eigenvalue weighted by Gasteiger charge is 2.12. The summed E-state index contributed by atoms with van der Waals surface area (Å²) in [6.45, 7) is 2.25. The average Bonchev–Trinajstić information content (AvgIpc) is 3.25. The van der Waals surface area contributed by atoms with Gasteiger partial charge in [-0.25, -0.2) is 0 Å². The molecule has 0 atom stereocenters. The Bertz CT molecular complexity index is 953. The number of hydrogen-bond acceptors (Lipinski definition) is 5. The predicted molar refractivity (Wildman–Crippen MR) is 113 cm³/mol. The molecule has 1 amide bonds. The smallest absolute Gasteiger partial charge is 0.256 e. The molecule has 6 nitrogen and oxygen atoms in total. The first kappa shape index (κ1) is 18.3. The van der Waals surface area contributed by atoms with E-state index in [0.29, 0.717) is 22.2 Å². The van der Waals surface area contributed by atoms with Gasteiger partial charge in [0.15, 0.2) is 11.6 Å². The minimum absolute atomic E-state index is 0.282.